The van der Waals surface area contributed by atoms with Gasteiger partial charge < -0.3 is 35.0 Å². The maximum Gasteiger partial charge on any atom is 0.371 e. The summed E-state index contributed by atoms with van der Waals surface area (Å²) in [5.74, 6) is -2.99. The van der Waals surface area contributed by atoms with Crippen LogP contribution in [0, 0.1) is 5.82 Å². The van der Waals surface area contributed by atoms with Gasteiger partial charge >= 0.3 is 5.97 Å². The second kappa shape index (κ2) is 7.69. The van der Waals surface area contributed by atoms with Crippen LogP contribution in [0.3, 0.4) is 0 Å². The van der Waals surface area contributed by atoms with Crippen molar-refractivity contribution in [2.45, 2.75) is 30.7 Å². The van der Waals surface area contributed by atoms with E-state index in [1.807, 2.05) is 0 Å². The molecule has 0 radical (unpaired) electrons. The fourth-order valence-corrected chi connectivity index (χ4v) is 2.17. The molecule has 0 unspecified atom stereocenters. The number of aliphatic hydroxyl groups excluding tert-OH is 4. The van der Waals surface area contributed by atoms with Gasteiger partial charge in [-0.2, -0.15) is 0 Å². The summed E-state index contributed by atoms with van der Waals surface area (Å²) in [5, 5.41) is 47.4. The van der Waals surface area contributed by atoms with Crippen LogP contribution in [-0.4, -0.2) is 68.8 Å². The highest BCUT2D eigenvalue weighted by atomic mass is 19.1. The Kier molecular flexibility index (Phi) is 5.86. The van der Waals surface area contributed by atoms with Crippen LogP contribution < -0.4 is 0 Å². The number of benzene rings is 1. The number of hydrogen-bond acceptors (Lipinski definition) is 7. The normalized spacial score (nSPS) is 30.9. The van der Waals surface area contributed by atoms with Gasteiger partial charge in [-0.1, -0.05) is 18.2 Å². The van der Waals surface area contributed by atoms with Crippen molar-refractivity contribution in [3.05, 3.63) is 41.4 Å². The first-order valence-electron chi connectivity index (χ1n) is 7.02. The zero-order valence-electron chi connectivity index (χ0n) is 12.3. The number of hydrogen-bond donors (Lipinski definition) is 5. The van der Waals surface area contributed by atoms with E-state index in [-0.39, 0.29) is 5.56 Å². The molecule has 1 saturated heterocycles. The average Bonchev–Trinajstić information content (AvgIpc) is 2.56. The van der Waals surface area contributed by atoms with Gasteiger partial charge in [0.1, 0.15) is 30.2 Å². The van der Waals surface area contributed by atoms with E-state index in [1.165, 1.54) is 18.2 Å². The largest absolute Gasteiger partial charge is 0.475 e. The van der Waals surface area contributed by atoms with E-state index in [0.717, 1.165) is 12.1 Å². The molecule has 5 atom stereocenters. The summed E-state index contributed by atoms with van der Waals surface area (Å²) >= 11 is 0. The molecule has 132 valence electrons. The lowest BCUT2D eigenvalue weighted by Gasteiger charge is -2.39. The predicted octanol–water partition coefficient (Wildman–Crippen LogP) is -0.932. The zero-order valence-corrected chi connectivity index (χ0v) is 12.3. The predicted molar refractivity (Wildman–Crippen MR) is 76.9 cm³/mol. The number of ether oxygens (including phenoxy) is 2. The van der Waals surface area contributed by atoms with E-state index in [0.29, 0.717) is 0 Å². The molecule has 0 bridgehead atoms. The van der Waals surface area contributed by atoms with Gasteiger partial charge in [-0.25, -0.2) is 9.18 Å². The van der Waals surface area contributed by atoms with Crippen molar-refractivity contribution in [1.29, 1.82) is 0 Å². The van der Waals surface area contributed by atoms with Crippen LogP contribution in [0.2, 0.25) is 0 Å². The topological polar surface area (TPSA) is 137 Å². The Morgan fingerprint density at radius 1 is 1.21 bits per heavy atom. The molecule has 24 heavy (non-hydrogen) atoms. The smallest absolute Gasteiger partial charge is 0.371 e. The van der Waals surface area contributed by atoms with Gasteiger partial charge in [0.25, 0.3) is 0 Å². The van der Waals surface area contributed by atoms with E-state index in [9.17, 15) is 24.5 Å². The first-order valence-corrected chi connectivity index (χ1v) is 7.02. The van der Waals surface area contributed by atoms with Crippen molar-refractivity contribution in [3.63, 3.8) is 0 Å². The van der Waals surface area contributed by atoms with Gasteiger partial charge in [0.15, 0.2) is 0 Å². The summed E-state index contributed by atoms with van der Waals surface area (Å²) in [6, 6.07) is 5.35. The zero-order chi connectivity index (χ0) is 17.9. The molecular weight excluding hydrogens is 327 g/mol. The molecule has 1 heterocycles. The average molecular weight is 344 g/mol. The van der Waals surface area contributed by atoms with Gasteiger partial charge in [-0.3, -0.25) is 0 Å². The summed E-state index contributed by atoms with van der Waals surface area (Å²) in [7, 11) is 0. The quantitative estimate of drug-likeness (QED) is 0.341. The minimum Gasteiger partial charge on any atom is -0.475 e. The Labute approximate surface area is 136 Å². The van der Waals surface area contributed by atoms with Crippen molar-refractivity contribution in [2.24, 2.45) is 0 Å². The van der Waals surface area contributed by atoms with Crippen LogP contribution in [0.15, 0.2) is 30.0 Å². The molecule has 0 amide bonds. The fraction of sp³-hybridized carbons (Fsp3) is 0.400. The molecule has 1 aliphatic rings. The molecule has 8 nitrogen and oxygen atoms in total. The Balaban J connectivity index is 2.24. The lowest BCUT2D eigenvalue weighted by atomic mass is 9.99. The van der Waals surface area contributed by atoms with E-state index in [1.54, 1.807) is 0 Å². The van der Waals surface area contributed by atoms with E-state index < -0.39 is 54.9 Å². The first kappa shape index (κ1) is 18.3. The summed E-state index contributed by atoms with van der Waals surface area (Å²) in [4.78, 5) is 11.3. The fourth-order valence-electron chi connectivity index (χ4n) is 2.17. The maximum atomic E-state index is 13.6. The Morgan fingerprint density at radius 3 is 2.46 bits per heavy atom. The van der Waals surface area contributed by atoms with Crippen molar-refractivity contribution in [2.75, 3.05) is 6.61 Å². The van der Waals surface area contributed by atoms with E-state index in [2.05, 4.69) is 0 Å². The Hall–Kier alpha value is -2.04. The Bertz CT molecular complexity index is 617. The van der Waals surface area contributed by atoms with E-state index >= 15 is 0 Å². The molecular formula is C15H17FO8. The van der Waals surface area contributed by atoms with Crippen LogP contribution >= 0.6 is 0 Å². The summed E-state index contributed by atoms with van der Waals surface area (Å²) in [6.07, 6.45) is -7.13. The minimum atomic E-state index is -1.77. The molecule has 1 aromatic carbocycles. The van der Waals surface area contributed by atoms with Gasteiger partial charge in [-0.05, 0) is 12.1 Å². The molecule has 5 N–H and O–H groups in total. The number of rotatable bonds is 5. The minimum absolute atomic E-state index is 0.0699. The van der Waals surface area contributed by atoms with Gasteiger partial charge in [-0.15, -0.1) is 0 Å². The Morgan fingerprint density at radius 2 is 1.88 bits per heavy atom. The first-order chi connectivity index (χ1) is 11.3. The molecule has 1 aromatic rings. The molecule has 0 aromatic heterocycles. The van der Waals surface area contributed by atoms with Gasteiger partial charge in [0, 0.05) is 5.56 Å². The number of carboxylic acid groups (broad SMARTS) is 1. The van der Waals surface area contributed by atoms with E-state index in [4.69, 9.17) is 19.7 Å². The molecule has 0 aliphatic carbocycles. The van der Waals surface area contributed by atoms with Gasteiger partial charge in [0.05, 0.1) is 6.61 Å². The van der Waals surface area contributed by atoms with Crippen LogP contribution in [0.1, 0.15) is 5.56 Å². The summed E-state index contributed by atoms with van der Waals surface area (Å²) in [5.41, 5.74) is -0.0699. The molecule has 1 fully saturated rings. The number of carboxylic acids is 1. The standard InChI is InChI=1S/C15H17FO8/c16-8-4-2-1-3-7(8)5-9(14(21)22)23-15-13(20)12(19)11(18)10(6-17)24-15/h1-5,10-13,15,17-20H,6H2,(H,21,22)/b9-5-/t10-,11-,12+,13-,15-/m0/s1. The molecule has 2 rings (SSSR count). The molecule has 1 aliphatic heterocycles. The van der Waals surface area contributed by atoms with Crippen LogP contribution in [-0.2, 0) is 14.3 Å². The second-order valence-electron chi connectivity index (χ2n) is 5.15. The highest BCUT2D eigenvalue weighted by Crippen LogP contribution is 2.24. The number of aliphatic hydroxyl groups is 4. The number of halogens is 1. The highest BCUT2D eigenvalue weighted by Gasteiger charge is 2.45. The SMILES string of the molecule is O=C(O)/C(=C/c1ccccc1F)O[C@H]1O[C@@H](CO)[C@H](O)[C@@H](O)[C@@H]1O. The van der Waals surface area contributed by atoms with Crippen LogP contribution in [0.5, 0.6) is 0 Å². The van der Waals surface area contributed by atoms with Crippen molar-refractivity contribution < 1.29 is 44.2 Å². The number of carbonyl (C=O) groups is 1. The van der Waals surface area contributed by atoms with Gasteiger partial charge in [0.2, 0.25) is 12.0 Å². The highest BCUT2D eigenvalue weighted by molar-refractivity contribution is 5.89. The lowest BCUT2D eigenvalue weighted by Crippen LogP contribution is -2.59. The number of aliphatic carboxylic acids is 1. The summed E-state index contributed by atoms with van der Waals surface area (Å²) < 4.78 is 23.7. The van der Waals surface area contributed by atoms with Crippen LogP contribution in [0.4, 0.5) is 4.39 Å². The monoisotopic (exact) mass is 344 g/mol. The third-order valence-electron chi connectivity index (χ3n) is 3.49. The molecule has 9 heteroatoms. The third-order valence-corrected chi connectivity index (χ3v) is 3.49. The summed E-state index contributed by atoms with van der Waals surface area (Å²) in [6.45, 7) is -0.690. The maximum absolute atomic E-state index is 13.6. The van der Waals surface area contributed by atoms with Crippen molar-refractivity contribution in [3.8, 4) is 0 Å². The third kappa shape index (κ3) is 3.89. The molecule has 0 spiro atoms. The van der Waals surface area contributed by atoms with Crippen molar-refractivity contribution >= 4 is 12.0 Å². The second-order valence-corrected chi connectivity index (χ2v) is 5.15. The molecule has 0 saturated carbocycles. The van der Waals surface area contributed by atoms with Crippen molar-refractivity contribution in [1.82, 2.24) is 0 Å². The lowest BCUT2D eigenvalue weighted by molar-refractivity contribution is -0.291. The van der Waals surface area contributed by atoms with Crippen LogP contribution in [0.25, 0.3) is 6.08 Å².